The fraction of sp³-hybridized carbons (Fsp3) is 0. The number of rotatable bonds is 0. The van der Waals surface area contributed by atoms with E-state index in [1.165, 1.54) is 0 Å². The van der Waals surface area contributed by atoms with Gasteiger partial charge in [0.15, 0.2) is 0 Å². The van der Waals surface area contributed by atoms with Crippen LogP contribution in [-0.2, 0) is 0 Å². The van der Waals surface area contributed by atoms with Gasteiger partial charge < -0.3 is 10.4 Å². The summed E-state index contributed by atoms with van der Waals surface area (Å²) < 4.78 is 0. The SMILES string of the molecule is Oc1cccc2c1C=CNC=C2. The summed E-state index contributed by atoms with van der Waals surface area (Å²) in [5, 5.41) is 12.4. The Labute approximate surface area is 70.9 Å². The van der Waals surface area contributed by atoms with Crippen molar-refractivity contribution in [1.29, 1.82) is 0 Å². The molecule has 2 nitrogen and oxygen atoms in total. The zero-order valence-corrected chi connectivity index (χ0v) is 6.49. The third kappa shape index (κ3) is 1.07. The van der Waals surface area contributed by atoms with Crippen molar-refractivity contribution >= 4 is 12.2 Å². The minimum Gasteiger partial charge on any atom is -0.507 e. The molecule has 0 fully saturated rings. The summed E-state index contributed by atoms with van der Waals surface area (Å²) in [5.41, 5.74) is 1.88. The molecular weight excluding hydrogens is 150 g/mol. The van der Waals surface area contributed by atoms with E-state index in [0.717, 1.165) is 11.1 Å². The molecule has 1 heterocycles. The van der Waals surface area contributed by atoms with Crippen LogP contribution in [-0.4, -0.2) is 5.11 Å². The van der Waals surface area contributed by atoms with Gasteiger partial charge in [-0.15, -0.1) is 0 Å². The van der Waals surface area contributed by atoms with Crippen molar-refractivity contribution in [3.05, 3.63) is 41.7 Å². The van der Waals surface area contributed by atoms with Crippen molar-refractivity contribution in [2.45, 2.75) is 0 Å². The lowest BCUT2D eigenvalue weighted by molar-refractivity contribution is 0.474. The molecule has 2 rings (SSSR count). The second kappa shape index (κ2) is 2.74. The maximum atomic E-state index is 9.47. The molecule has 0 spiro atoms. The molecule has 0 radical (unpaired) electrons. The average Bonchev–Trinajstić information content (AvgIpc) is 2.30. The number of phenols is 1. The minimum absolute atomic E-state index is 0.317. The second-order valence-electron chi connectivity index (χ2n) is 2.61. The monoisotopic (exact) mass is 159 g/mol. The zero-order valence-electron chi connectivity index (χ0n) is 6.49. The Bertz CT molecular complexity index is 353. The number of hydrogen-bond donors (Lipinski definition) is 2. The molecule has 1 aliphatic heterocycles. The first-order chi connectivity index (χ1) is 5.88. The van der Waals surface area contributed by atoms with Crippen LogP contribution in [0.4, 0.5) is 0 Å². The van der Waals surface area contributed by atoms with Gasteiger partial charge in [0.25, 0.3) is 0 Å². The molecule has 0 saturated heterocycles. The van der Waals surface area contributed by atoms with E-state index < -0.39 is 0 Å². The Morgan fingerprint density at radius 3 is 2.83 bits per heavy atom. The molecule has 60 valence electrons. The molecule has 2 N–H and O–H groups in total. The average molecular weight is 159 g/mol. The summed E-state index contributed by atoms with van der Waals surface area (Å²) in [6, 6.07) is 5.48. The molecule has 0 aliphatic carbocycles. The van der Waals surface area contributed by atoms with E-state index in [-0.39, 0.29) is 0 Å². The van der Waals surface area contributed by atoms with Crippen LogP contribution in [0.15, 0.2) is 30.6 Å². The topological polar surface area (TPSA) is 32.3 Å². The van der Waals surface area contributed by atoms with Gasteiger partial charge in [0.2, 0.25) is 0 Å². The highest BCUT2D eigenvalue weighted by Gasteiger charge is 2.02. The van der Waals surface area contributed by atoms with Crippen LogP contribution in [0.1, 0.15) is 11.1 Å². The van der Waals surface area contributed by atoms with Crippen molar-refractivity contribution in [2.75, 3.05) is 0 Å². The third-order valence-electron chi connectivity index (χ3n) is 1.82. The van der Waals surface area contributed by atoms with Crippen molar-refractivity contribution in [1.82, 2.24) is 5.32 Å². The lowest BCUT2D eigenvalue weighted by Crippen LogP contribution is -1.87. The summed E-state index contributed by atoms with van der Waals surface area (Å²) in [4.78, 5) is 0. The van der Waals surface area contributed by atoms with Crippen molar-refractivity contribution in [2.24, 2.45) is 0 Å². The largest absolute Gasteiger partial charge is 0.507 e. The van der Waals surface area contributed by atoms with Crippen LogP contribution in [0.5, 0.6) is 5.75 Å². The predicted molar refractivity (Wildman–Crippen MR) is 49.3 cm³/mol. The lowest BCUT2D eigenvalue weighted by atomic mass is 10.1. The highest BCUT2D eigenvalue weighted by molar-refractivity contribution is 5.70. The van der Waals surface area contributed by atoms with Gasteiger partial charge in [-0.05, 0) is 23.8 Å². The van der Waals surface area contributed by atoms with Crippen LogP contribution < -0.4 is 5.32 Å². The molecule has 1 aromatic rings. The molecule has 0 bridgehead atoms. The van der Waals surface area contributed by atoms with Gasteiger partial charge in [0.05, 0.1) is 0 Å². The molecule has 1 aromatic carbocycles. The summed E-state index contributed by atoms with van der Waals surface area (Å²) >= 11 is 0. The standard InChI is InChI=1S/C10H9NO/c12-10-3-1-2-8-4-6-11-7-5-9(8)10/h1-7,11-12H. The third-order valence-corrected chi connectivity index (χ3v) is 1.82. The summed E-state index contributed by atoms with van der Waals surface area (Å²) in [7, 11) is 0. The van der Waals surface area contributed by atoms with Crippen molar-refractivity contribution < 1.29 is 5.11 Å². The molecule has 0 atom stereocenters. The summed E-state index contributed by atoms with van der Waals surface area (Å²) in [6.07, 6.45) is 7.41. The van der Waals surface area contributed by atoms with E-state index in [1.807, 2.05) is 30.5 Å². The highest BCUT2D eigenvalue weighted by atomic mass is 16.3. The Balaban J connectivity index is 2.65. The van der Waals surface area contributed by atoms with E-state index in [9.17, 15) is 5.11 Å². The number of benzene rings is 1. The number of nitrogens with one attached hydrogen (secondary N) is 1. The predicted octanol–water partition coefficient (Wildman–Crippen LogP) is 1.94. The number of fused-ring (bicyclic) bond motifs is 1. The van der Waals surface area contributed by atoms with Gasteiger partial charge >= 0.3 is 0 Å². The Kier molecular flexibility index (Phi) is 1.59. The number of phenolic OH excluding ortho intramolecular Hbond substituents is 1. The molecule has 1 aliphatic rings. The van der Waals surface area contributed by atoms with Gasteiger partial charge in [0.1, 0.15) is 5.75 Å². The Hall–Kier alpha value is -1.70. The molecule has 2 heteroatoms. The van der Waals surface area contributed by atoms with Crippen LogP contribution in [0.25, 0.3) is 12.2 Å². The van der Waals surface area contributed by atoms with Crippen molar-refractivity contribution in [3.63, 3.8) is 0 Å². The van der Waals surface area contributed by atoms with E-state index in [1.54, 1.807) is 12.3 Å². The van der Waals surface area contributed by atoms with Gasteiger partial charge in [-0.3, -0.25) is 0 Å². The van der Waals surface area contributed by atoms with Crippen LogP contribution in [0.3, 0.4) is 0 Å². The van der Waals surface area contributed by atoms with Crippen LogP contribution in [0.2, 0.25) is 0 Å². The summed E-state index contributed by atoms with van der Waals surface area (Å²) in [5.74, 6) is 0.317. The summed E-state index contributed by atoms with van der Waals surface area (Å²) in [6.45, 7) is 0. The first kappa shape index (κ1) is 6.98. The Morgan fingerprint density at radius 2 is 1.92 bits per heavy atom. The van der Waals surface area contributed by atoms with E-state index in [4.69, 9.17) is 0 Å². The maximum Gasteiger partial charge on any atom is 0.123 e. The first-order valence-corrected chi connectivity index (χ1v) is 3.79. The number of aromatic hydroxyl groups is 1. The number of hydrogen-bond acceptors (Lipinski definition) is 2. The zero-order chi connectivity index (χ0) is 8.39. The van der Waals surface area contributed by atoms with Crippen LogP contribution in [0, 0.1) is 0 Å². The van der Waals surface area contributed by atoms with E-state index in [0.29, 0.717) is 5.75 Å². The molecule has 0 aromatic heterocycles. The van der Waals surface area contributed by atoms with Crippen molar-refractivity contribution in [3.8, 4) is 5.75 Å². The second-order valence-corrected chi connectivity index (χ2v) is 2.61. The molecule has 0 amide bonds. The smallest absolute Gasteiger partial charge is 0.123 e. The van der Waals surface area contributed by atoms with E-state index in [2.05, 4.69) is 5.32 Å². The fourth-order valence-corrected chi connectivity index (χ4v) is 1.22. The van der Waals surface area contributed by atoms with E-state index >= 15 is 0 Å². The molecule has 12 heavy (non-hydrogen) atoms. The van der Waals surface area contributed by atoms with Gasteiger partial charge in [-0.1, -0.05) is 12.1 Å². The maximum absolute atomic E-state index is 9.47. The Morgan fingerprint density at radius 1 is 1.08 bits per heavy atom. The highest BCUT2D eigenvalue weighted by Crippen LogP contribution is 2.24. The van der Waals surface area contributed by atoms with Gasteiger partial charge in [-0.2, -0.15) is 0 Å². The van der Waals surface area contributed by atoms with Gasteiger partial charge in [-0.25, -0.2) is 0 Å². The molecule has 0 saturated carbocycles. The first-order valence-electron chi connectivity index (χ1n) is 3.79. The lowest BCUT2D eigenvalue weighted by Gasteiger charge is -2.01. The van der Waals surface area contributed by atoms with Gasteiger partial charge in [0, 0.05) is 18.0 Å². The molecule has 0 unspecified atom stereocenters. The van der Waals surface area contributed by atoms with Crippen LogP contribution >= 0.6 is 0 Å². The fourth-order valence-electron chi connectivity index (χ4n) is 1.22. The molecular formula is C10H9NO. The quantitative estimate of drug-likeness (QED) is 0.606. The normalized spacial score (nSPS) is 13.3. The minimum atomic E-state index is 0.317.